The summed E-state index contributed by atoms with van der Waals surface area (Å²) in [6, 6.07) is 11.9. The number of rotatable bonds is 7. The quantitative estimate of drug-likeness (QED) is 0.773. The molecule has 144 valence electrons. The van der Waals surface area contributed by atoms with E-state index in [2.05, 4.69) is 15.4 Å². The highest BCUT2D eigenvalue weighted by Gasteiger charge is 2.22. The molecular weight excluding hydrogens is 358 g/mol. The molecule has 0 unspecified atom stereocenters. The number of para-hydroxylation sites is 1. The number of amides is 1. The van der Waals surface area contributed by atoms with Crippen LogP contribution >= 0.6 is 0 Å². The van der Waals surface area contributed by atoms with Gasteiger partial charge in [-0.2, -0.15) is 8.78 Å². The van der Waals surface area contributed by atoms with E-state index in [9.17, 15) is 13.6 Å². The lowest BCUT2D eigenvalue weighted by Crippen LogP contribution is -2.35. The van der Waals surface area contributed by atoms with Crippen LogP contribution < -0.4 is 24.8 Å². The lowest BCUT2D eigenvalue weighted by molar-refractivity contribution is -0.120. The molecule has 27 heavy (non-hydrogen) atoms. The predicted molar refractivity (Wildman–Crippen MR) is 95.6 cm³/mol. The fraction of sp³-hybridized carbons (Fsp3) is 0.316. The SMILES string of the molecule is COc1ccc(NCC(=O)N[C@@H]2CCOc3ccccc32)cc1OC(F)F. The van der Waals surface area contributed by atoms with E-state index in [0.29, 0.717) is 18.7 Å². The molecule has 1 aliphatic heterocycles. The summed E-state index contributed by atoms with van der Waals surface area (Å²) in [4.78, 5) is 12.3. The van der Waals surface area contributed by atoms with E-state index in [4.69, 9.17) is 9.47 Å². The van der Waals surface area contributed by atoms with Crippen LogP contribution in [0.4, 0.5) is 14.5 Å². The first-order valence-corrected chi connectivity index (χ1v) is 8.44. The van der Waals surface area contributed by atoms with Gasteiger partial charge in [-0.3, -0.25) is 4.79 Å². The summed E-state index contributed by atoms with van der Waals surface area (Å²) in [5.74, 6) is 0.634. The first-order chi connectivity index (χ1) is 13.1. The Hall–Kier alpha value is -3.03. The maximum absolute atomic E-state index is 12.5. The Morgan fingerprint density at radius 3 is 2.85 bits per heavy atom. The normalized spacial score (nSPS) is 15.5. The summed E-state index contributed by atoms with van der Waals surface area (Å²) in [5.41, 5.74) is 1.41. The van der Waals surface area contributed by atoms with E-state index in [0.717, 1.165) is 11.3 Å². The number of halogens is 2. The minimum absolute atomic E-state index is 0.0139. The molecule has 8 heteroatoms. The Morgan fingerprint density at radius 2 is 2.07 bits per heavy atom. The number of benzene rings is 2. The van der Waals surface area contributed by atoms with E-state index in [1.54, 1.807) is 6.07 Å². The molecule has 0 bridgehead atoms. The van der Waals surface area contributed by atoms with Gasteiger partial charge in [0.2, 0.25) is 5.91 Å². The molecule has 0 saturated heterocycles. The third-order valence-corrected chi connectivity index (χ3v) is 4.13. The Morgan fingerprint density at radius 1 is 1.26 bits per heavy atom. The van der Waals surface area contributed by atoms with Gasteiger partial charge < -0.3 is 24.8 Å². The molecular formula is C19H20F2N2O4. The standard InChI is InChI=1S/C19H20F2N2O4/c1-25-16-7-6-12(10-17(16)27-19(20)21)22-11-18(24)23-14-8-9-26-15-5-3-2-4-13(14)15/h2-7,10,14,19,22H,8-9,11H2,1H3,(H,23,24)/t14-/m1/s1. The Labute approximate surface area is 155 Å². The van der Waals surface area contributed by atoms with Gasteiger partial charge in [-0.15, -0.1) is 0 Å². The van der Waals surface area contributed by atoms with Crippen LogP contribution in [0, 0.1) is 0 Å². The van der Waals surface area contributed by atoms with E-state index in [1.165, 1.54) is 19.2 Å². The summed E-state index contributed by atoms with van der Waals surface area (Å²) >= 11 is 0. The zero-order chi connectivity index (χ0) is 19.2. The highest BCUT2D eigenvalue weighted by Crippen LogP contribution is 2.32. The average molecular weight is 378 g/mol. The number of carbonyl (C=O) groups is 1. The van der Waals surface area contributed by atoms with E-state index < -0.39 is 6.61 Å². The lowest BCUT2D eigenvalue weighted by Gasteiger charge is -2.26. The number of alkyl halides is 2. The summed E-state index contributed by atoms with van der Waals surface area (Å²) in [7, 11) is 1.36. The second kappa shape index (κ2) is 8.57. The number of fused-ring (bicyclic) bond motifs is 1. The van der Waals surface area contributed by atoms with Gasteiger partial charge in [0, 0.05) is 23.7 Å². The number of hydrogen-bond acceptors (Lipinski definition) is 5. The van der Waals surface area contributed by atoms with Crippen molar-refractivity contribution >= 4 is 11.6 Å². The largest absolute Gasteiger partial charge is 0.493 e. The maximum Gasteiger partial charge on any atom is 0.387 e. The third-order valence-electron chi connectivity index (χ3n) is 4.13. The number of methoxy groups -OCH3 is 1. The summed E-state index contributed by atoms with van der Waals surface area (Å²) in [6.45, 7) is -2.45. The molecule has 1 aliphatic rings. The van der Waals surface area contributed by atoms with Gasteiger partial charge in [-0.05, 0) is 18.2 Å². The molecule has 0 fully saturated rings. The first kappa shape index (κ1) is 18.8. The summed E-state index contributed by atoms with van der Waals surface area (Å²) in [6.07, 6.45) is 0.678. The van der Waals surface area contributed by atoms with Crippen molar-refractivity contribution in [1.29, 1.82) is 0 Å². The lowest BCUT2D eigenvalue weighted by atomic mass is 10.0. The van der Waals surface area contributed by atoms with Crippen LogP contribution in [0.2, 0.25) is 0 Å². The summed E-state index contributed by atoms with van der Waals surface area (Å²) in [5, 5.41) is 5.86. The fourth-order valence-corrected chi connectivity index (χ4v) is 2.89. The zero-order valence-corrected chi connectivity index (χ0v) is 14.7. The zero-order valence-electron chi connectivity index (χ0n) is 14.7. The van der Waals surface area contributed by atoms with Crippen molar-refractivity contribution in [3.05, 3.63) is 48.0 Å². The van der Waals surface area contributed by atoms with E-state index >= 15 is 0 Å². The highest BCUT2D eigenvalue weighted by atomic mass is 19.3. The van der Waals surface area contributed by atoms with Crippen molar-refractivity contribution < 1.29 is 27.8 Å². The molecule has 0 aliphatic carbocycles. The Balaban J connectivity index is 1.60. The van der Waals surface area contributed by atoms with Crippen LogP contribution in [0.1, 0.15) is 18.0 Å². The van der Waals surface area contributed by atoms with Gasteiger partial charge in [0.1, 0.15) is 5.75 Å². The minimum atomic E-state index is -2.97. The van der Waals surface area contributed by atoms with Crippen molar-refractivity contribution in [1.82, 2.24) is 5.32 Å². The minimum Gasteiger partial charge on any atom is -0.493 e. The Bertz CT molecular complexity index is 801. The molecule has 2 aromatic carbocycles. The van der Waals surface area contributed by atoms with Gasteiger partial charge >= 0.3 is 6.61 Å². The van der Waals surface area contributed by atoms with Crippen molar-refractivity contribution in [3.8, 4) is 17.2 Å². The number of anilines is 1. The van der Waals surface area contributed by atoms with Gasteiger partial charge in [0.25, 0.3) is 0 Å². The summed E-state index contributed by atoms with van der Waals surface area (Å²) < 4.78 is 40.0. The molecule has 6 nitrogen and oxygen atoms in total. The van der Waals surface area contributed by atoms with Gasteiger partial charge in [0.05, 0.1) is 26.3 Å². The molecule has 0 spiro atoms. The monoisotopic (exact) mass is 378 g/mol. The number of hydrogen-bond donors (Lipinski definition) is 2. The second-order valence-corrected chi connectivity index (χ2v) is 5.89. The fourth-order valence-electron chi connectivity index (χ4n) is 2.89. The molecule has 0 aromatic heterocycles. The molecule has 1 atom stereocenters. The predicted octanol–water partition coefficient (Wildman–Crippen LogP) is 3.35. The molecule has 1 amide bonds. The van der Waals surface area contributed by atoms with Crippen molar-refractivity contribution in [2.45, 2.75) is 19.1 Å². The van der Waals surface area contributed by atoms with Crippen molar-refractivity contribution in [3.63, 3.8) is 0 Å². The first-order valence-electron chi connectivity index (χ1n) is 8.44. The number of ether oxygens (including phenoxy) is 3. The molecule has 2 N–H and O–H groups in total. The average Bonchev–Trinajstić information content (AvgIpc) is 2.66. The molecule has 2 aromatic rings. The molecule has 3 rings (SSSR count). The third kappa shape index (κ3) is 4.78. The van der Waals surface area contributed by atoms with Gasteiger partial charge in [-0.1, -0.05) is 18.2 Å². The van der Waals surface area contributed by atoms with Crippen molar-refractivity contribution in [2.24, 2.45) is 0 Å². The van der Waals surface area contributed by atoms with Crippen LogP contribution in [0.25, 0.3) is 0 Å². The Kier molecular flexibility index (Phi) is 5.95. The smallest absolute Gasteiger partial charge is 0.387 e. The van der Waals surface area contributed by atoms with E-state index in [1.807, 2.05) is 24.3 Å². The van der Waals surface area contributed by atoms with Gasteiger partial charge in [-0.25, -0.2) is 0 Å². The van der Waals surface area contributed by atoms with Crippen LogP contribution in [-0.4, -0.2) is 32.8 Å². The highest BCUT2D eigenvalue weighted by molar-refractivity contribution is 5.81. The molecule has 1 heterocycles. The van der Waals surface area contributed by atoms with Crippen LogP contribution in [0.15, 0.2) is 42.5 Å². The van der Waals surface area contributed by atoms with Crippen LogP contribution in [-0.2, 0) is 4.79 Å². The molecule has 0 radical (unpaired) electrons. The number of nitrogens with one attached hydrogen (secondary N) is 2. The van der Waals surface area contributed by atoms with Crippen LogP contribution in [0.3, 0.4) is 0 Å². The molecule has 0 saturated carbocycles. The number of carbonyl (C=O) groups excluding carboxylic acids is 1. The van der Waals surface area contributed by atoms with Crippen molar-refractivity contribution in [2.75, 3.05) is 25.6 Å². The second-order valence-electron chi connectivity index (χ2n) is 5.89. The maximum atomic E-state index is 12.5. The topological polar surface area (TPSA) is 68.8 Å². The van der Waals surface area contributed by atoms with Gasteiger partial charge in [0.15, 0.2) is 11.5 Å². The van der Waals surface area contributed by atoms with E-state index in [-0.39, 0.29) is 30.0 Å². The van der Waals surface area contributed by atoms with Crippen LogP contribution in [0.5, 0.6) is 17.2 Å².